The van der Waals surface area contributed by atoms with E-state index in [1.807, 2.05) is 29.2 Å². The van der Waals surface area contributed by atoms with Gasteiger partial charge in [0.2, 0.25) is 0 Å². The fourth-order valence-electron chi connectivity index (χ4n) is 4.91. The standard InChI is InChI=1S/C22H33ClN4O2/c1-22(2)15-25-20(22)16-7-9-26(10-8-16)21(28)24-13-19-14-27(11-12-29-19)18-5-3-17(23)4-6-18/h3-6,16,19-20,25H,7-15H2,1-2H3,(H,24,28). The Morgan fingerprint density at radius 3 is 2.59 bits per heavy atom. The molecule has 2 amide bonds. The molecule has 1 aromatic rings. The molecular formula is C22H33ClN4O2. The number of nitrogens with zero attached hydrogens (tertiary/aromatic N) is 2. The van der Waals surface area contributed by atoms with Crippen LogP contribution in [0.15, 0.2) is 24.3 Å². The number of carbonyl (C=O) groups excluding carboxylic acids is 1. The number of urea groups is 1. The Bertz CT molecular complexity index is 703. The first-order valence-corrected chi connectivity index (χ1v) is 11.2. The van der Waals surface area contributed by atoms with E-state index in [0.717, 1.165) is 56.3 Å². The van der Waals surface area contributed by atoms with Crippen LogP contribution in [0.5, 0.6) is 0 Å². The molecule has 3 heterocycles. The van der Waals surface area contributed by atoms with E-state index in [9.17, 15) is 4.79 Å². The number of carbonyl (C=O) groups is 1. The van der Waals surface area contributed by atoms with Gasteiger partial charge in [0.05, 0.1) is 12.7 Å². The van der Waals surface area contributed by atoms with Crippen LogP contribution in [0.3, 0.4) is 0 Å². The van der Waals surface area contributed by atoms with E-state index in [4.69, 9.17) is 16.3 Å². The molecule has 7 heteroatoms. The lowest BCUT2D eigenvalue weighted by molar-refractivity contribution is 0.0371. The summed E-state index contributed by atoms with van der Waals surface area (Å²) in [4.78, 5) is 16.9. The first-order chi connectivity index (χ1) is 13.9. The summed E-state index contributed by atoms with van der Waals surface area (Å²) in [6, 6.07) is 8.52. The summed E-state index contributed by atoms with van der Waals surface area (Å²) >= 11 is 5.99. The average molecular weight is 421 g/mol. The molecule has 2 atom stereocenters. The number of nitrogens with one attached hydrogen (secondary N) is 2. The van der Waals surface area contributed by atoms with Crippen molar-refractivity contribution in [1.29, 1.82) is 0 Å². The molecule has 6 nitrogen and oxygen atoms in total. The number of amides is 2. The van der Waals surface area contributed by atoms with Gasteiger partial charge in [0.1, 0.15) is 0 Å². The van der Waals surface area contributed by atoms with E-state index >= 15 is 0 Å². The Morgan fingerprint density at radius 1 is 1.24 bits per heavy atom. The maximum atomic E-state index is 12.6. The molecule has 0 spiro atoms. The lowest BCUT2D eigenvalue weighted by Gasteiger charge is -2.51. The highest BCUT2D eigenvalue weighted by atomic mass is 35.5. The number of piperidine rings is 1. The van der Waals surface area contributed by atoms with Crippen molar-refractivity contribution in [1.82, 2.24) is 15.5 Å². The molecule has 1 aromatic carbocycles. The van der Waals surface area contributed by atoms with Gasteiger partial charge >= 0.3 is 6.03 Å². The number of likely N-dealkylation sites (tertiary alicyclic amines) is 1. The molecular weight excluding hydrogens is 388 g/mol. The fraction of sp³-hybridized carbons (Fsp3) is 0.682. The van der Waals surface area contributed by atoms with Crippen molar-refractivity contribution < 1.29 is 9.53 Å². The van der Waals surface area contributed by atoms with Gasteiger partial charge < -0.3 is 25.2 Å². The molecule has 3 saturated heterocycles. The normalized spacial score (nSPS) is 27.4. The van der Waals surface area contributed by atoms with Crippen LogP contribution < -0.4 is 15.5 Å². The van der Waals surface area contributed by atoms with E-state index in [-0.39, 0.29) is 12.1 Å². The van der Waals surface area contributed by atoms with Gasteiger partial charge in [0.15, 0.2) is 0 Å². The van der Waals surface area contributed by atoms with Gasteiger partial charge in [-0.15, -0.1) is 0 Å². The van der Waals surface area contributed by atoms with Crippen molar-refractivity contribution in [2.75, 3.05) is 50.8 Å². The molecule has 2 N–H and O–H groups in total. The molecule has 0 aromatic heterocycles. The van der Waals surface area contributed by atoms with E-state index < -0.39 is 0 Å². The topological polar surface area (TPSA) is 56.8 Å². The number of halogens is 1. The largest absolute Gasteiger partial charge is 0.373 e. The van der Waals surface area contributed by atoms with Crippen LogP contribution in [-0.2, 0) is 4.74 Å². The van der Waals surface area contributed by atoms with Crippen molar-refractivity contribution in [2.45, 2.75) is 38.8 Å². The van der Waals surface area contributed by atoms with Crippen molar-refractivity contribution in [2.24, 2.45) is 11.3 Å². The quantitative estimate of drug-likeness (QED) is 0.786. The summed E-state index contributed by atoms with van der Waals surface area (Å²) in [5.74, 6) is 0.678. The van der Waals surface area contributed by atoms with Crippen LogP contribution in [0.4, 0.5) is 10.5 Å². The highest BCUT2D eigenvalue weighted by molar-refractivity contribution is 6.30. The van der Waals surface area contributed by atoms with Crippen LogP contribution in [0.25, 0.3) is 0 Å². The van der Waals surface area contributed by atoms with E-state index in [1.54, 1.807) is 0 Å². The Labute approximate surface area is 178 Å². The first kappa shape index (κ1) is 20.8. The SMILES string of the molecule is CC1(C)CNC1C1CCN(C(=O)NCC2CN(c3ccc(Cl)cc3)CCO2)CC1. The second-order valence-corrected chi connectivity index (χ2v) is 9.71. The van der Waals surface area contributed by atoms with Crippen molar-refractivity contribution in [3.05, 3.63) is 29.3 Å². The summed E-state index contributed by atoms with van der Waals surface area (Å²) in [5.41, 5.74) is 1.53. The lowest BCUT2D eigenvalue weighted by atomic mass is 9.68. The van der Waals surface area contributed by atoms with Gasteiger partial charge in [-0.05, 0) is 48.4 Å². The van der Waals surface area contributed by atoms with Gasteiger partial charge in [-0.2, -0.15) is 0 Å². The number of hydrogen-bond acceptors (Lipinski definition) is 4. The predicted molar refractivity (Wildman–Crippen MR) is 117 cm³/mol. The van der Waals surface area contributed by atoms with Crippen LogP contribution >= 0.6 is 11.6 Å². The molecule has 3 aliphatic heterocycles. The maximum Gasteiger partial charge on any atom is 0.317 e. The van der Waals surface area contributed by atoms with Crippen molar-refractivity contribution in [3.8, 4) is 0 Å². The Hall–Kier alpha value is -1.50. The number of benzene rings is 1. The zero-order chi connectivity index (χ0) is 20.4. The van der Waals surface area contributed by atoms with Crippen LogP contribution in [0, 0.1) is 11.3 Å². The summed E-state index contributed by atoms with van der Waals surface area (Å²) < 4.78 is 5.88. The maximum absolute atomic E-state index is 12.6. The molecule has 29 heavy (non-hydrogen) atoms. The molecule has 0 aliphatic carbocycles. The predicted octanol–water partition coefficient (Wildman–Crippen LogP) is 2.96. The smallest absolute Gasteiger partial charge is 0.317 e. The van der Waals surface area contributed by atoms with Crippen molar-refractivity contribution in [3.63, 3.8) is 0 Å². The Balaban J connectivity index is 1.21. The van der Waals surface area contributed by atoms with Gasteiger partial charge in [0, 0.05) is 56.0 Å². The zero-order valence-corrected chi connectivity index (χ0v) is 18.3. The van der Waals surface area contributed by atoms with Crippen molar-refractivity contribution >= 4 is 23.3 Å². The Morgan fingerprint density at radius 2 is 1.97 bits per heavy atom. The third-order valence-corrected chi connectivity index (χ3v) is 6.98. The summed E-state index contributed by atoms with van der Waals surface area (Å²) in [6.45, 7) is 10.3. The first-order valence-electron chi connectivity index (χ1n) is 10.8. The molecule has 0 radical (unpaired) electrons. The third-order valence-electron chi connectivity index (χ3n) is 6.73. The summed E-state index contributed by atoms with van der Waals surface area (Å²) in [6.07, 6.45) is 2.17. The fourth-order valence-corrected chi connectivity index (χ4v) is 5.04. The number of hydrogen-bond donors (Lipinski definition) is 2. The molecule has 4 rings (SSSR count). The zero-order valence-electron chi connectivity index (χ0n) is 17.5. The second-order valence-electron chi connectivity index (χ2n) is 9.27. The molecule has 0 saturated carbocycles. The number of morpholine rings is 1. The molecule has 0 bridgehead atoms. The van der Waals surface area contributed by atoms with Crippen LogP contribution in [0.2, 0.25) is 5.02 Å². The molecule has 3 aliphatic rings. The minimum atomic E-state index is 0.000827. The van der Waals surface area contributed by atoms with Crippen LogP contribution in [0.1, 0.15) is 26.7 Å². The lowest BCUT2D eigenvalue weighted by Crippen LogP contribution is -2.64. The summed E-state index contributed by atoms with van der Waals surface area (Å²) in [5, 5.41) is 7.42. The van der Waals surface area contributed by atoms with E-state index in [0.29, 0.717) is 30.5 Å². The van der Waals surface area contributed by atoms with E-state index in [2.05, 4.69) is 29.4 Å². The number of anilines is 1. The second kappa shape index (κ2) is 8.70. The van der Waals surface area contributed by atoms with Gasteiger partial charge in [0.25, 0.3) is 0 Å². The highest BCUT2D eigenvalue weighted by Gasteiger charge is 2.43. The number of ether oxygens (including phenoxy) is 1. The van der Waals surface area contributed by atoms with Gasteiger partial charge in [-0.25, -0.2) is 4.79 Å². The Kier molecular flexibility index (Phi) is 6.23. The van der Waals surface area contributed by atoms with E-state index in [1.165, 1.54) is 0 Å². The number of rotatable bonds is 4. The highest BCUT2D eigenvalue weighted by Crippen LogP contribution is 2.37. The third kappa shape index (κ3) is 4.81. The minimum absolute atomic E-state index is 0.000827. The average Bonchev–Trinajstić information content (AvgIpc) is 2.72. The summed E-state index contributed by atoms with van der Waals surface area (Å²) in [7, 11) is 0. The minimum Gasteiger partial charge on any atom is -0.373 e. The van der Waals surface area contributed by atoms with Gasteiger partial charge in [-0.1, -0.05) is 25.4 Å². The van der Waals surface area contributed by atoms with Gasteiger partial charge in [-0.3, -0.25) is 0 Å². The molecule has 3 fully saturated rings. The molecule has 160 valence electrons. The molecule has 2 unspecified atom stereocenters. The van der Waals surface area contributed by atoms with Crippen LogP contribution in [-0.4, -0.2) is 69.0 Å². The monoisotopic (exact) mass is 420 g/mol.